The monoisotopic (exact) mass is 211 g/mol. The van der Waals surface area contributed by atoms with E-state index in [1.807, 2.05) is 6.07 Å². The van der Waals surface area contributed by atoms with E-state index in [0.717, 1.165) is 18.5 Å². The Hall–Kier alpha value is -1.09. The van der Waals surface area contributed by atoms with Crippen LogP contribution in [0.1, 0.15) is 25.3 Å². The Morgan fingerprint density at radius 1 is 1.40 bits per heavy atom. The van der Waals surface area contributed by atoms with Gasteiger partial charge in [0.2, 0.25) is 0 Å². The fourth-order valence-corrected chi connectivity index (χ4v) is 1.35. The first-order valence-corrected chi connectivity index (χ1v) is 5.31. The minimum Gasteiger partial charge on any atom is -0.494 e. The van der Waals surface area contributed by atoms with Crippen LogP contribution in [-0.2, 0) is 6.54 Å². The van der Waals surface area contributed by atoms with Crippen molar-refractivity contribution >= 4 is 0 Å². The third-order valence-corrected chi connectivity index (χ3v) is 2.25. The highest BCUT2D eigenvalue weighted by molar-refractivity contribution is 5.29. The van der Waals surface area contributed by atoms with Gasteiger partial charge in [-0.3, -0.25) is 0 Å². The fourth-order valence-electron chi connectivity index (χ4n) is 1.35. The van der Waals surface area contributed by atoms with E-state index in [9.17, 15) is 4.39 Å². The zero-order valence-electron chi connectivity index (χ0n) is 9.35. The molecule has 0 aliphatic carbocycles. The predicted octanol–water partition coefficient (Wildman–Crippen LogP) is 2.72. The highest BCUT2D eigenvalue weighted by atomic mass is 19.1. The summed E-state index contributed by atoms with van der Waals surface area (Å²) in [5.74, 6) is -0.000371. The second-order valence-corrected chi connectivity index (χ2v) is 3.50. The highest BCUT2D eigenvalue weighted by Crippen LogP contribution is 2.17. The van der Waals surface area contributed by atoms with Crippen molar-refractivity contribution in [3.8, 4) is 5.75 Å². The summed E-state index contributed by atoms with van der Waals surface area (Å²) < 4.78 is 18.1. The number of methoxy groups -OCH3 is 1. The molecule has 0 aliphatic rings. The van der Waals surface area contributed by atoms with Crippen molar-refractivity contribution < 1.29 is 9.13 Å². The molecule has 3 heteroatoms. The van der Waals surface area contributed by atoms with Gasteiger partial charge in [0, 0.05) is 6.54 Å². The zero-order chi connectivity index (χ0) is 11.1. The van der Waals surface area contributed by atoms with Crippen molar-refractivity contribution in [3.05, 3.63) is 29.6 Å². The Morgan fingerprint density at radius 3 is 2.80 bits per heavy atom. The molecule has 0 aliphatic heterocycles. The number of hydrogen-bond donors (Lipinski definition) is 1. The molecule has 0 saturated carbocycles. The van der Waals surface area contributed by atoms with Crippen molar-refractivity contribution in [1.29, 1.82) is 0 Å². The van der Waals surface area contributed by atoms with E-state index in [1.165, 1.54) is 19.6 Å². The first kappa shape index (κ1) is 12.0. The van der Waals surface area contributed by atoms with E-state index < -0.39 is 0 Å². The SMILES string of the molecule is CCCCNCc1ccc(OC)c(F)c1. The molecule has 0 unspecified atom stereocenters. The second-order valence-electron chi connectivity index (χ2n) is 3.50. The van der Waals surface area contributed by atoms with Gasteiger partial charge in [0.1, 0.15) is 0 Å². The lowest BCUT2D eigenvalue weighted by molar-refractivity contribution is 0.386. The van der Waals surface area contributed by atoms with Crippen LogP contribution >= 0.6 is 0 Å². The van der Waals surface area contributed by atoms with Crippen molar-refractivity contribution in [2.24, 2.45) is 0 Å². The molecule has 1 rings (SSSR count). The molecule has 0 aromatic heterocycles. The van der Waals surface area contributed by atoms with Gasteiger partial charge in [0.25, 0.3) is 0 Å². The van der Waals surface area contributed by atoms with Crippen LogP contribution < -0.4 is 10.1 Å². The predicted molar refractivity (Wildman–Crippen MR) is 59.6 cm³/mol. The van der Waals surface area contributed by atoms with Gasteiger partial charge in [-0.15, -0.1) is 0 Å². The molecule has 2 nitrogen and oxygen atoms in total. The van der Waals surface area contributed by atoms with Gasteiger partial charge in [-0.25, -0.2) is 4.39 Å². The van der Waals surface area contributed by atoms with Crippen LogP contribution in [0.2, 0.25) is 0 Å². The summed E-state index contributed by atoms with van der Waals surface area (Å²) >= 11 is 0. The fraction of sp³-hybridized carbons (Fsp3) is 0.500. The maximum Gasteiger partial charge on any atom is 0.165 e. The third kappa shape index (κ3) is 3.88. The molecule has 0 amide bonds. The van der Waals surface area contributed by atoms with Gasteiger partial charge in [0.05, 0.1) is 7.11 Å². The standard InChI is InChI=1S/C12H18FNO/c1-3-4-7-14-9-10-5-6-12(15-2)11(13)8-10/h5-6,8,14H,3-4,7,9H2,1-2H3. The Morgan fingerprint density at radius 2 is 2.20 bits per heavy atom. The molecule has 0 atom stereocenters. The Balaban J connectivity index is 2.45. The Bertz CT molecular complexity index is 302. The normalized spacial score (nSPS) is 10.3. The van der Waals surface area contributed by atoms with Gasteiger partial charge >= 0.3 is 0 Å². The second kappa shape index (κ2) is 6.40. The molecule has 0 fully saturated rings. The number of ether oxygens (including phenoxy) is 1. The van der Waals surface area contributed by atoms with E-state index in [-0.39, 0.29) is 5.82 Å². The van der Waals surface area contributed by atoms with Gasteiger partial charge in [-0.2, -0.15) is 0 Å². The largest absolute Gasteiger partial charge is 0.494 e. The third-order valence-electron chi connectivity index (χ3n) is 2.25. The van der Waals surface area contributed by atoms with Crippen LogP contribution in [0.3, 0.4) is 0 Å². The molecule has 1 aromatic carbocycles. The van der Waals surface area contributed by atoms with Crippen LogP contribution in [0.15, 0.2) is 18.2 Å². The molecule has 1 aromatic rings. The van der Waals surface area contributed by atoms with Crippen molar-refractivity contribution in [2.45, 2.75) is 26.3 Å². The lowest BCUT2D eigenvalue weighted by Crippen LogP contribution is -2.14. The topological polar surface area (TPSA) is 21.3 Å². The number of hydrogen-bond acceptors (Lipinski definition) is 2. The van der Waals surface area contributed by atoms with Gasteiger partial charge in [-0.05, 0) is 30.7 Å². The van der Waals surface area contributed by atoms with E-state index in [4.69, 9.17) is 4.74 Å². The molecule has 15 heavy (non-hydrogen) atoms. The summed E-state index contributed by atoms with van der Waals surface area (Å²) in [4.78, 5) is 0. The highest BCUT2D eigenvalue weighted by Gasteiger charge is 2.02. The molecule has 0 bridgehead atoms. The number of unbranched alkanes of at least 4 members (excludes halogenated alkanes) is 1. The van der Waals surface area contributed by atoms with E-state index in [2.05, 4.69) is 12.2 Å². The Kier molecular flexibility index (Phi) is 5.12. The lowest BCUT2D eigenvalue weighted by atomic mass is 10.2. The van der Waals surface area contributed by atoms with Crippen LogP contribution in [-0.4, -0.2) is 13.7 Å². The smallest absolute Gasteiger partial charge is 0.165 e. The van der Waals surface area contributed by atoms with E-state index in [0.29, 0.717) is 12.3 Å². The molecule has 0 heterocycles. The first-order chi connectivity index (χ1) is 7.27. The molecular weight excluding hydrogens is 193 g/mol. The number of halogens is 1. The zero-order valence-corrected chi connectivity index (χ0v) is 9.35. The summed E-state index contributed by atoms with van der Waals surface area (Å²) in [6.45, 7) is 3.83. The summed E-state index contributed by atoms with van der Waals surface area (Å²) in [5.41, 5.74) is 0.949. The molecular formula is C12H18FNO. The number of benzene rings is 1. The molecule has 0 saturated heterocycles. The minimum absolute atomic E-state index is 0.298. The molecule has 1 N–H and O–H groups in total. The van der Waals surface area contributed by atoms with E-state index in [1.54, 1.807) is 6.07 Å². The minimum atomic E-state index is -0.299. The molecule has 0 radical (unpaired) electrons. The summed E-state index contributed by atoms with van der Waals surface area (Å²) in [5, 5.41) is 3.26. The van der Waals surface area contributed by atoms with Crippen molar-refractivity contribution in [1.82, 2.24) is 5.32 Å². The molecule has 84 valence electrons. The summed E-state index contributed by atoms with van der Waals surface area (Å²) in [6.07, 6.45) is 2.32. The number of rotatable bonds is 6. The van der Waals surface area contributed by atoms with Gasteiger partial charge in [-0.1, -0.05) is 19.4 Å². The molecule has 0 spiro atoms. The van der Waals surface area contributed by atoms with Crippen molar-refractivity contribution in [2.75, 3.05) is 13.7 Å². The number of nitrogens with one attached hydrogen (secondary N) is 1. The maximum absolute atomic E-state index is 13.3. The summed E-state index contributed by atoms with van der Waals surface area (Å²) in [6, 6.07) is 5.05. The Labute approximate surface area is 90.4 Å². The van der Waals surface area contributed by atoms with Crippen molar-refractivity contribution in [3.63, 3.8) is 0 Å². The quantitative estimate of drug-likeness (QED) is 0.730. The first-order valence-electron chi connectivity index (χ1n) is 5.31. The van der Waals surface area contributed by atoms with E-state index >= 15 is 0 Å². The average Bonchev–Trinajstić information content (AvgIpc) is 2.25. The van der Waals surface area contributed by atoms with Crippen LogP contribution in [0, 0.1) is 5.82 Å². The van der Waals surface area contributed by atoms with Gasteiger partial charge < -0.3 is 10.1 Å². The van der Waals surface area contributed by atoms with Crippen LogP contribution in [0.4, 0.5) is 4.39 Å². The maximum atomic E-state index is 13.3. The van der Waals surface area contributed by atoms with Gasteiger partial charge in [0.15, 0.2) is 11.6 Å². The van der Waals surface area contributed by atoms with Crippen LogP contribution in [0.25, 0.3) is 0 Å². The lowest BCUT2D eigenvalue weighted by Gasteiger charge is -2.06. The summed E-state index contributed by atoms with van der Waals surface area (Å²) in [7, 11) is 1.47. The average molecular weight is 211 g/mol. The van der Waals surface area contributed by atoms with Crippen LogP contribution in [0.5, 0.6) is 5.75 Å².